The second-order valence-electron chi connectivity index (χ2n) is 5.41. The molecule has 1 heterocycles. The number of benzene rings is 1. The van der Waals surface area contributed by atoms with E-state index >= 15 is 0 Å². The van der Waals surface area contributed by atoms with E-state index < -0.39 is 16.5 Å². The first-order valence-corrected chi connectivity index (χ1v) is 6.98. The highest BCUT2D eigenvalue weighted by Crippen LogP contribution is 2.32. The average molecular weight is 311 g/mol. The molecule has 0 aromatic heterocycles. The highest BCUT2D eigenvalue weighted by atomic mass is 35.5. The normalized spacial score (nSPS) is 18.4. The lowest BCUT2D eigenvalue weighted by atomic mass is 9.95. The van der Waals surface area contributed by atoms with Gasteiger partial charge >= 0.3 is 5.69 Å². The van der Waals surface area contributed by atoms with E-state index in [9.17, 15) is 19.7 Å². The zero-order chi connectivity index (χ0) is 15.7. The summed E-state index contributed by atoms with van der Waals surface area (Å²) in [6.45, 7) is 4.25. The number of halogens is 1. The van der Waals surface area contributed by atoms with Crippen LogP contribution in [0.25, 0.3) is 0 Å². The summed E-state index contributed by atoms with van der Waals surface area (Å²) in [4.78, 5) is 35.9. The molecule has 2 rings (SSSR count). The van der Waals surface area contributed by atoms with Crippen molar-refractivity contribution in [3.05, 3.63) is 38.9 Å². The zero-order valence-electron chi connectivity index (χ0n) is 11.7. The van der Waals surface area contributed by atoms with Gasteiger partial charge in [0.1, 0.15) is 10.6 Å². The Labute approximate surface area is 126 Å². The molecule has 6 nitrogen and oxygen atoms in total. The van der Waals surface area contributed by atoms with Crippen LogP contribution in [0.1, 0.15) is 30.6 Å². The van der Waals surface area contributed by atoms with E-state index in [-0.39, 0.29) is 34.7 Å². The molecule has 1 unspecified atom stereocenters. The summed E-state index contributed by atoms with van der Waals surface area (Å²) in [6, 6.07) is 4.13. The summed E-state index contributed by atoms with van der Waals surface area (Å²) in [5.41, 5.74) is -0.602. The quantitative estimate of drug-likeness (QED) is 0.488. The Morgan fingerprint density at radius 1 is 1.48 bits per heavy atom. The van der Waals surface area contributed by atoms with Crippen LogP contribution in [0.3, 0.4) is 0 Å². The molecule has 0 bridgehead atoms. The molecule has 1 atom stereocenters. The largest absolute Gasteiger partial charge is 0.300 e. The van der Waals surface area contributed by atoms with Crippen LogP contribution in [-0.2, 0) is 4.79 Å². The second kappa shape index (κ2) is 5.81. The predicted octanol–water partition coefficient (Wildman–Crippen LogP) is 2.89. The number of carbonyl (C=O) groups is 2. The van der Waals surface area contributed by atoms with Crippen molar-refractivity contribution < 1.29 is 14.5 Å². The Bertz CT molecular complexity index is 615. The molecule has 7 heteroatoms. The first-order chi connectivity index (χ1) is 9.82. The third-order valence-electron chi connectivity index (χ3n) is 3.74. The van der Waals surface area contributed by atoms with E-state index in [1.54, 1.807) is 0 Å². The molecule has 1 aromatic carbocycles. The SMILES string of the molecule is CC(C)C1CC(=O)N(C(=O)c2cccc(Cl)c2[N+](=O)[O-])C1. The smallest absolute Gasteiger partial charge is 0.278 e. The van der Waals surface area contributed by atoms with Gasteiger partial charge in [-0.25, -0.2) is 0 Å². The van der Waals surface area contributed by atoms with Crippen LogP contribution in [0.5, 0.6) is 0 Å². The fraction of sp³-hybridized carbons (Fsp3) is 0.429. The number of nitro benzene ring substituents is 1. The fourth-order valence-corrected chi connectivity index (χ4v) is 2.64. The number of imide groups is 1. The number of carbonyl (C=O) groups excluding carboxylic acids is 2. The topological polar surface area (TPSA) is 80.5 Å². The minimum absolute atomic E-state index is 0.0830. The van der Waals surface area contributed by atoms with Crippen LogP contribution in [0.15, 0.2) is 18.2 Å². The maximum Gasteiger partial charge on any atom is 0.300 e. The molecule has 0 N–H and O–H groups in total. The van der Waals surface area contributed by atoms with Crippen molar-refractivity contribution in [3.8, 4) is 0 Å². The van der Waals surface area contributed by atoms with Gasteiger partial charge in [0.25, 0.3) is 5.91 Å². The maximum atomic E-state index is 12.4. The van der Waals surface area contributed by atoms with Crippen molar-refractivity contribution in [2.24, 2.45) is 11.8 Å². The zero-order valence-corrected chi connectivity index (χ0v) is 12.5. The van der Waals surface area contributed by atoms with Crippen molar-refractivity contribution >= 4 is 29.1 Å². The van der Waals surface area contributed by atoms with Gasteiger partial charge in [-0.05, 0) is 24.0 Å². The Kier molecular flexibility index (Phi) is 4.27. The van der Waals surface area contributed by atoms with E-state index in [0.29, 0.717) is 6.54 Å². The molecule has 1 aliphatic rings. The second-order valence-corrected chi connectivity index (χ2v) is 5.82. The van der Waals surface area contributed by atoms with Gasteiger partial charge in [-0.1, -0.05) is 31.5 Å². The molecule has 0 radical (unpaired) electrons. The number of hydrogen-bond acceptors (Lipinski definition) is 4. The van der Waals surface area contributed by atoms with Gasteiger partial charge in [0.2, 0.25) is 5.91 Å². The van der Waals surface area contributed by atoms with Crippen LogP contribution in [0.2, 0.25) is 5.02 Å². The Hall–Kier alpha value is -1.95. The molecule has 21 heavy (non-hydrogen) atoms. The van der Waals surface area contributed by atoms with E-state index in [1.807, 2.05) is 13.8 Å². The number of nitro groups is 1. The van der Waals surface area contributed by atoms with Gasteiger partial charge in [0, 0.05) is 13.0 Å². The number of para-hydroxylation sites is 1. The molecule has 1 saturated heterocycles. The Morgan fingerprint density at radius 2 is 2.14 bits per heavy atom. The molecule has 112 valence electrons. The highest BCUT2D eigenvalue weighted by Gasteiger charge is 2.38. The van der Waals surface area contributed by atoms with Gasteiger partial charge in [0.15, 0.2) is 0 Å². The first-order valence-electron chi connectivity index (χ1n) is 6.60. The van der Waals surface area contributed by atoms with Gasteiger partial charge in [-0.3, -0.25) is 24.6 Å². The predicted molar refractivity (Wildman–Crippen MR) is 77.1 cm³/mol. The molecular formula is C14H15ClN2O4. The molecule has 2 amide bonds. The van der Waals surface area contributed by atoms with E-state index in [2.05, 4.69) is 0 Å². The molecule has 1 fully saturated rings. The van der Waals surface area contributed by atoms with Crippen LogP contribution in [0.4, 0.5) is 5.69 Å². The minimum atomic E-state index is -0.698. The van der Waals surface area contributed by atoms with Crippen molar-refractivity contribution in [2.45, 2.75) is 20.3 Å². The monoisotopic (exact) mass is 310 g/mol. The summed E-state index contributed by atoms with van der Waals surface area (Å²) >= 11 is 5.79. The maximum absolute atomic E-state index is 12.4. The molecule has 0 aliphatic carbocycles. The molecular weight excluding hydrogens is 296 g/mol. The van der Waals surface area contributed by atoms with Crippen molar-refractivity contribution in [1.29, 1.82) is 0 Å². The summed E-state index contributed by atoms with van der Waals surface area (Å²) in [7, 11) is 0. The summed E-state index contributed by atoms with van der Waals surface area (Å²) in [5, 5.41) is 11.0. The van der Waals surface area contributed by atoms with Gasteiger partial charge in [0.05, 0.1) is 4.92 Å². The number of hydrogen-bond donors (Lipinski definition) is 0. The Balaban J connectivity index is 2.36. The lowest BCUT2D eigenvalue weighted by Crippen LogP contribution is -2.33. The summed E-state index contributed by atoms with van der Waals surface area (Å²) in [6.07, 6.45) is 0.289. The van der Waals surface area contributed by atoms with Gasteiger partial charge in [-0.2, -0.15) is 0 Å². The van der Waals surface area contributed by atoms with Crippen LogP contribution >= 0.6 is 11.6 Å². The van der Waals surface area contributed by atoms with Gasteiger partial charge in [-0.15, -0.1) is 0 Å². The summed E-state index contributed by atoms with van der Waals surface area (Å²) in [5.74, 6) is -0.605. The molecule has 0 spiro atoms. The van der Waals surface area contributed by atoms with Crippen LogP contribution < -0.4 is 0 Å². The molecule has 1 aromatic rings. The summed E-state index contributed by atoms with van der Waals surface area (Å²) < 4.78 is 0. The van der Waals surface area contributed by atoms with E-state index in [4.69, 9.17) is 11.6 Å². The van der Waals surface area contributed by atoms with Crippen LogP contribution in [0, 0.1) is 22.0 Å². The lowest BCUT2D eigenvalue weighted by molar-refractivity contribution is -0.385. The van der Waals surface area contributed by atoms with E-state index in [0.717, 1.165) is 4.90 Å². The third kappa shape index (κ3) is 2.90. The number of rotatable bonds is 3. The lowest BCUT2D eigenvalue weighted by Gasteiger charge is -2.16. The number of likely N-dealkylation sites (tertiary alicyclic amines) is 1. The number of amides is 2. The van der Waals surface area contributed by atoms with Crippen LogP contribution in [-0.4, -0.2) is 28.2 Å². The third-order valence-corrected chi connectivity index (χ3v) is 4.05. The van der Waals surface area contributed by atoms with Crippen molar-refractivity contribution in [1.82, 2.24) is 4.90 Å². The van der Waals surface area contributed by atoms with Crippen molar-refractivity contribution in [3.63, 3.8) is 0 Å². The molecule has 0 saturated carbocycles. The standard InChI is InChI=1S/C14H15ClN2O4/c1-8(2)9-6-12(18)16(7-9)14(19)10-4-3-5-11(15)13(10)17(20)21/h3-5,8-9H,6-7H2,1-2H3. The number of nitrogens with zero attached hydrogens (tertiary/aromatic N) is 2. The average Bonchev–Trinajstić information content (AvgIpc) is 2.79. The fourth-order valence-electron chi connectivity index (χ4n) is 2.40. The highest BCUT2D eigenvalue weighted by molar-refractivity contribution is 6.33. The Morgan fingerprint density at radius 3 is 2.67 bits per heavy atom. The first kappa shape index (κ1) is 15.4. The van der Waals surface area contributed by atoms with Crippen molar-refractivity contribution in [2.75, 3.05) is 6.54 Å². The molecule has 1 aliphatic heterocycles. The van der Waals surface area contributed by atoms with E-state index in [1.165, 1.54) is 18.2 Å². The van der Waals surface area contributed by atoms with Gasteiger partial charge < -0.3 is 0 Å². The minimum Gasteiger partial charge on any atom is -0.278 e.